The normalized spacial score (nSPS) is 18.9. The van der Waals surface area contributed by atoms with Crippen molar-refractivity contribution in [3.8, 4) is 0 Å². The van der Waals surface area contributed by atoms with Gasteiger partial charge in [-0.25, -0.2) is 9.78 Å². The number of likely N-dealkylation sites (tertiary alicyclic amines) is 1. The van der Waals surface area contributed by atoms with Crippen LogP contribution >= 0.6 is 0 Å². The fraction of sp³-hybridized carbons (Fsp3) is 0.400. The monoisotopic (exact) mass is 287 g/mol. The van der Waals surface area contributed by atoms with Crippen LogP contribution in [0.4, 0.5) is 0 Å². The molecule has 1 amide bonds. The maximum Gasteiger partial charge on any atom is 0.326 e. The number of carboxylic acid groups (broad SMARTS) is 1. The zero-order valence-corrected chi connectivity index (χ0v) is 11.8. The number of pyridine rings is 1. The van der Waals surface area contributed by atoms with E-state index >= 15 is 0 Å². The Morgan fingerprint density at radius 1 is 1.33 bits per heavy atom. The maximum atomic E-state index is 12.6. The fourth-order valence-corrected chi connectivity index (χ4v) is 2.83. The van der Waals surface area contributed by atoms with Crippen LogP contribution < -0.4 is 0 Å². The van der Waals surface area contributed by atoms with E-state index < -0.39 is 12.0 Å². The lowest BCUT2D eigenvalue weighted by Gasteiger charge is -2.32. The van der Waals surface area contributed by atoms with Gasteiger partial charge in [0.2, 0.25) is 0 Å². The SMILES string of the molecule is Cc1cccc2nc(C(=O)N3CCCC[C@@H]3C(=O)O)cn12. The van der Waals surface area contributed by atoms with Crippen LogP contribution in [0.1, 0.15) is 35.4 Å². The predicted molar refractivity (Wildman–Crippen MR) is 76.2 cm³/mol. The number of hydrogen-bond acceptors (Lipinski definition) is 3. The highest BCUT2D eigenvalue weighted by molar-refractivity contribution is 5.95. The molecule has 1 atom stereocenters. The Hall–Kier alpha value is -2.37. The van der Waals surface area contributed by atoms with Crippen molar-refractivity contribution < 1.29 is 14.7 Å². The van der Waals surface area contributed by atoms with Crippen LogP contribution in [0.3, 0.4) is 0 Å². The van der Waals surface area contributed by atoms with Gasteiger partial charge in [-0.2, -0.15) is 0 Å². The number of piperidine rings is 1. The minimum absolute atomic E-state index is 0.301. The highest BCUT2D eigenvalue weighted by Gasteiger charge is 2.33. The quantitative estimate of drug-likeness (QED) is 0.912. The third kappa shape index (κ3) is 2.37. The number of carboxylic acids is 1. The van der Waals surface area contributed by atoms with Crippen LogP contribution in [0.25, 0.3) is 5.65 Å². The third-order valence-electron chi connectivity index (χ3n) is 3.96. The molecule has 0 radical (unpaired) electrons. The van der Waals surface area contributed by atoms with Crippen molar-refractivity contribution in [3.63, 3.8) is 0 Å². The van der Waals surface area contributed by atoms with E-state index in [0.29, 0.717) is 24.3 Å². The molecule has 2 aromatic rings. The third-order valence-corrected chi connectivity index (χ3v) is 3.96. The van der Waals surface area contributed by atoms with Gasteiger partial charge in [-0.15, -0.1) is 0 Å². The lowest BCUT2D eigenvalue weighted by molar-refractivity contribution is -0.143. The minimum Gasteiger partial charge on any atom is -0.480 e. The van der Waals surface area contributed by atoms with Crippen LogP contribution in [0.2, 0.25) is 0 Å². The summed E-state index contributed by atoms with van der Waals surface area (Å²) < 4.78 is 1.84. The van der Waals surface area contributed by atoms with E-state index in [1.54, 1.807) is 6.20 Å². The molecule has 3 heterocycles. The van der Waals surface area contributed by atoms with Crippen molar-refractivity contribution in [1.82, 2.24) is 14.3 Å². The zero-order valence-electron chi connectivity index (χ0n) is 11.8. The van der Waals surface area contributed by atoms with E-state index in [9.17, 15) is 14.7 Å². The number of carbonyl (C=O) groups is 2. The molecule has 0 saturated carbocycles. The molecule has 1 aliphatic rings. The Morgan fingerprint density at radius 2 is 2.14 bits per heavy atom. The molecule has 0 spiro atoms. The van der Waals surface area contributed by atoms with Crippen molar-refractivity contribution in [2.75, 3.05) is 6.54 Å². The first-order chi connectivity index (χ1) is 10.1. The number of rotatable bonds is 2. The Balaban J connectivity index is 1.95. The maximum absolute atomic E-state index is 12.6. The standard InChI is InChI=1S/C15H17N3O3/c1-10-5-4-7-13-16-11(9-18(10)13)14(19)17-8-3-2-6-12(17)15(20)21/h4-5,7,9,12H,2-3,6,8H2,1H3,(H,20,21)/t12-/m1/s1. The molecule has 1 N–H and O–H groups in total. The lowest BCUT2D eigenvalue weighted by Crippen LogP contribution is -2.48. The van der Waals surface area contributed by atoms with Crippen molar-refractivity contribution >= 4 is 17.5 Å². The van der Waals surface area contributed by atoms with Gasteiger partial charge in [-0.3, -0.25) is 4.79 Å². The first kappa shape index (κ1) is 13.6. The van der Waals surface area contributed by atoms with Crippen LogP contribution in [-0.2, 0) is 4.79 Å². The van der Waals surface area contributed by atoms with Crippen LogP contribution in [0.5, 0.6) is 0 Å². The van der Waals surface area contributed by atoms with Gasteiger partial charge in [0.25, 0.3) is 5.91 Å². The Kier molecular flexibility index (Phi) is 3.37. The Labute approximate surface area is 122 Å². The van der Waals surface area contributed by atoms with Gasteiger partial charge < -0.3 is 14.4 Å². The van der Waals surface area contributed by atoms with Crippen molar-refractivity contribution in [3.05, 3.63) is 35.8 Å². The predicted octanol–water partition coefficient (Wildman–Crippen LogP) is 1.72. The summed E-state index contributed by atoms with van der Waals surface area (Å²) in [6, 6.07) is 4.91. The summed E-state index contributed by atoms with van der Waals surface area (Å²) in [4.78, 5) is 29.6. The van der Waals surface area contributed by atoms with Gasteiger partial charge >= 0.3 is 5.97 Å². The molecular weight excluding hydrogens is 270 g/mol. The molecule has 110 valence electrons. The molecule has 0 unspecified atom stereocenters. The highest BCUT2D eigenvalue weighted by Crippen LogP contribution is 2.20. The molecule has 6 nitrogen and oxygen atoms in total. The second-order valence-corrected chi connectivity index (χ2v) is 5.37. The number of imidazole rings is 1. The first-order valence-electron chi connectivity index (χ1n) is 7.06. The second-order valence-electron chi connectivity index (χ2n) is 5.37. The number of aryl methyl sites for hydroxylation is 1. The van der Waals surface area contributed by atoms with Gasteiger partial charge in [0, 0.05) is 18.4 Å². The van der Waals surface area contributed by atoms with Crippen LogP contribution in [0, 0.1) is 6.92 Å². The van der Waals surface area contributed by atoms with Gasteiger partial charge in [0.15, 0.2) is 0 Å². The van der Waals surface area contributed by atoms with E-state index in [2.05, 4.69) is 4.98 Å². The molecule has 1 saturated heterocycles. The fourth-order valence-electron chi connectivity index (χ4n) is 2.83. The topological polar surface area (TPSA) is 74.9 Å². The number of aromatic nitrogens is 2. The summed E-state index contributed by atoms with van der Waals surface area (Å²) in [6.45, 7) is 2.41. The van der Waals surface area contributed by atoms with E-state index in [-0.39, 0.29) is 5.91 Å². The number of aliphatic carboxylic acids is 1. The van der Waals surface area contributed by atoms with Crippen molar-refractivity contribution in [1.29, 1.82) is 0 Å². The number of nitrogens with zero attached hydrogens (tertiary/aromatic N) is 3. The second kappa shape index (κ2) is 5.20. The molecule has 6 heteroatoms. The molecule has 2 aromatic heterocycles. The summed E-state index contributed by atoms with van der Waals surface area (Å²) in [5.41, 5.74) is 1.98. The Morgan fingerprint density at radius 3 is 2.86 bits per heavy atom. The van der Waals surface area contributed by atoms with Gasteiger partial charge in [-0.05, 0) is 38.3 Å². The number of amides is 1. The van der Waals surface area contributed by atoms with E-state index in [1.165, 1.54) is 4.90 Å². The molecule has 3 rings (SSSR count). The summed E-state index contributed by atoms with van der Waals surface area (Å²) in [7, 11) is 0. The average Bonchev–Trinajstić information content (AvgIpc) is 2.92. The highest BCUT2D eigenvalue weighted by atomic mass is 16.4. The molecule has 1 aliphatic heterocycles. The average molecular weight is 287 g/mol. The van der Waals surface area contributed by atoms with E-state index in [4.69, 9.17) is 0 Å². The molecule has 0 aliphatic carbocycles. The number of hydrogen-bond donors (Lipinski definition) is 1. The van der Waals surface area contributed by atoms with Crippen LogP contribution in [-0.4, -0.2) is 43.9 Å². The molecule has 1 fully saturated rings. The molecule has 0 aromatic carbocycles. The smallest absolute Gasteiger partial charge is 0.326 e. The molecule has 21 heavy (non-hydrogen) atoms. The van der Waals surface area contributed by atoms with Gasteiger partial charge in [0.1, 0.15) is 17.4 Å². The summed E-state index contributed by atoms with van der Waals surface area (Å²) in [6.07, 6.45) is 3.86. The van der Waals surface area contributed by atoms with E-state index in [1.807, 2.05) is 29.5 Å². The Bertz CT molecular complexity index is 707. The zero-order chi connectivity index (χ0) is 15.0. The van der Waals surface area contributed by atoms with Gasteiger partial charge in [-0.1, -0.05) is 6.07 Å². The van der Waals surface area contributed by atoms with Crippen molar-refractivity contribution in [2.45, 2.75) is 32.2 Å². The number of fused-ring (bicyclic) bond motifs is 1. The van der Waals surface area contributed by atoms with Gasteiger partial charge in [0.05, 0.1) is 0 Å². The molecular formula is C15H17N3O3. The van der Waals surface area contributed by atoms with Crippen LogP contribution in [0.15, 0.2) is 24.4 Å². The van der Waals surface area contributed by atoms with E-state index in [0.717, 1.165) is 18.5 Å². The molecule has 0 bridgehead atoms. The summed E-state index contributed by atoms with van der Waals surface area (Å²) in [5, 5.41) is 9.27. The largest absolute Gasteiger partial charge is 0.480 e. The summed E-state index contributed by atoms with van der Waals surface area (Å²) in [5.74, 6) is -1.24. The lowest BCUT2D eigenvalue weighted by atomic mass is 10.0. The van der Waals surface area contributed by atoms with Crippen molar-refractivity contribution in [2.24, 2.45) is 0 Å². The first-order valence-corrected chi connectivity index (χ1v) is 7.06. The summed E-state index contributed by atoms with van der Waals surface area (Å²) >= 11 is 0. The minimum atomic E-state index is -0.942. The number of carbonyl (C=O) groups excluding carboxylic acids is 1.